The highest BCUT2D eigenvalue weighted by Crippen LogP contribution is 2.17. The van der Waals surface area contributed by atoms with E-state index in [9.17, 15) is 4.79 Å². The largest absolute Gasteiger partial charge is 0.399 e. The molecule has 2 N–H and O–H groups in total. The van der Waals surface area contributed by atoms with Gasteiger partial charge in [0, 0.05) is 24.8 Å². The van der Waals surface area contributed by atoms with Crippen LogP contribution < -0.4 is 10.6 Å². The van der Waals surface area contributed by atoms with Gasteiger partial charge >= 0.3 is 0 Å². The van der Waals surface area contributed by atoms with Crippen molar-refractivity contribution in [1.29, 1.82) is 0 Å². The van der Waals surface area contributed by atoms with E-state index in [1.54, 1.807) is 6.92 Å². The van der Waals surface area contributed by atoms with Crippen molar-refractivity contribution >= 4 is 17.3 Å². The Bertz CT molecular complexity index is 346. The van der Waals surface area contributed by atoms with Crippen LogP contribution in [0, 0.1) is 0 Å². The zero-order valence-corrected chi connectivity index (χ0v) is 10.8. The van der Waals surface area contributed by atoms with E-state index in [-0.39, 0.29) is 5.91 Å². The molecule has 0 aliphatic rings. The van der Waals surface area contributed by atoms with Gasteiger partial charge in [0.2, 0.25) is 5.91 Å². The van der Waals surface area contributed by atoms with Crippen molar-refractivity contribution in [2.75, 3.05) is 17.2 Å². The minimum absolute atomic E-state index is 0.0891. The normalized spacial score (nSPS) is 10.2. The van der Waals surface area contributed by atoms with Crippen LogP contribution in [0.25, 0.3) is 0 Å². The van der Waals surface area contributed by atoms with Crippen molar-refractivity contribution in [2.24, 2.45) is 0 Å². The molecule has 0 aromatic heterocycles. The average molecular weight is 234 g/mol. The lowest BCUT2D eigenvalue weighted by atomic mass is 10.2. The number of hydrogen-bond acceptors (Lipinski definition) is 2. The smallest absolute Gasteiger partial charge is 0.223 e. The molecule has 0 saturated heterocycles. The molecule has 1 amide bonds. The average Bonchev–Trinajstić information content (AvgIpc) is 2.30. The zero-order chi connectivity index (χ0) is 12.7. The number of unbranched alkanes of at least 4 members (excludes halogenated alkanes) is 3. The lowest BCUT2D eigenvalue weighted by Crippen LogP contribution is -2.29. The van der Waals surface area contributed by atoms with Gasteiger partial charge < -0.3 is 10.6 Å². The number of anilines is 2. The Morgan fingerprint density at radius 3 is 2.35 bits per heavy atom. The van der Waals surface area contributed by atoms with Gasteiger partial charge in [0.05, 0.1) is 0 Å². The van der Waals surface area contributed by atoms with E-state index in [1.165, 1.54) is 19.3 Å². The highest BCUT2D eigenvalue weighted by Gasteiger charge is 2.10. The lowest BCUT2D eigenvalue weighted by Gasteiger charge is -2.21. The second kappa shape index (κ2) is 6.94. The maximum absolute atomic E-state index is 11.6. The number of amides is 1. The van der Waals surface area contributed by atoms with Crippen LogP contribution in [0.1, 0.15) is 39.5 Å². The third-order valence-electron chi connectivity index (χ3n) is 2.82. The molecule has 94 valence electrons. The Morgan fingerprint density at radius 1 is 1.18 bits per heavy atom. The van der Waals surface area contributed by atoms with E-state index in [4.69, 9.17) is 5.73 Å². The topological polar surface area (TPSA) is 46.3 Å². The number of carbonyl (C=O) groups excluding carboxylic acids is 1. The fraction of sp³-hybridized carbons (Fsp3) is 0.500. The SMILES string of the molecule is CCCCCCN(C(C)=O)c1ccc(N)cc1. The van der Waals surface area contributed by atoms with Crippen LogP contribution in [0.2, 0.25) is 0 Å². The van der Waals surface area contributed by atoms with Crippen molar-refractivity contribution in [3.63, 3.8) is 0 Å². The predicted octanol–water partition coefficient (Wildman–Crippen LogP) is 3.20. The maximum atomic E-state index is 11.6. The molecule has 3 heteroatoms. The van der Waals surface area contributed by atoms with Crippen LogP contribution in [0.5, 0.6) is 0 Å². The lowest BCUT2D eigenvalue weighted by molar-refractivity contribution is -0.116. The molecular weight excluding hydrogens is 212 g/mol. The van der Waals surface area contributed by atoms with Gasteiger partial charge in [0.15, 0.2) is 0 Å². The first-order chi connectivity index (χ1) is 8.15. The molecule has 1 aromatic rings. The number of rotatable bonds is 6. The monoisotopic (exact) mass is 234 g/mol. The zero-order valence-electron chi connectivity index (χ0n) is 10.8. The van der Waals surface area contributed by atoms with E-state index >= 15 is 0 Å². The molecular formula is C14H22N2O. The summed E-state index contributed by atoms with van der Waals surface area (Å²) < 4.78 is 0. The maximum Gasteiger partial charge on any atom is 0.223 e. The van der Waals surface area contributed by atoms with E-state index in [1.807, 2.05) is 29.2 Å². The number of hydrogen-bond donors (Lipinski definition) is 1. The molecule has 0 aliphatic carbocycles. The van der Waals surface area contributed by atoms with Crippen LogP contribution in [0.15, 0.2) is 24.3 Å². The Balaban J connectivity index is 2.59. The molecule has 0 unspecified atom stereocenters. The summed E-state index contributed by atoms with van der Waals surface area (Å²) in [5, 5.41) is 0. The van der Waals surface area contributed by atoms with Gasteiger partial charge in [-0.15, -0.1) is 0 Å². The summed E-state index contributed by atoms with van der Waals surface area (Å²) in [5.74, 6) is 0.0891. The van der Waals surface area contributed by atoms with Gasteiger partial charge in [-0.05, 0) is 30.7 Å². The van der Waals surface area contributed by atoms with Gasteiger partial charge in [-0.25, -0.2) is 0 Å². The second-order valence-corrected chi connectivity index (χ2v) is 4.32. The van der Waals surface area contributed by atoms with Crippen molar-refractivity contribution in [1.82, 2.24) is 0 Å². The Labute approximate surface area is 104 Å². The molecule has 0 saturated carbocycles. The fourth-order valence-electron chi connectivity index (χ4n) is 1.82. The predicted molar refractivity (Wildman–Crippen MR) is 73.0 cm³/mol. The summed E-state index contributed by atoms with van der Waals surface area (Å²) in [5.41, 5.74) is 7.30. The first-order valence-corrected chi connectivity index (χ1v) is 6.28. The molecule has 0 atom stereocenters. The molecule has 1 aromatic carbocycles. The van der Waals surface area contributed by atoms with Crippen molar-refractivity contribution < 1.29 is 4.79 Å². The van der Waals surface area contributed by atoms with Crippen LogP contribution >= 0.6 is 0 Å². The summed E-state index contributed by atoms with van der Waals surface area (Å²) in [4.78, 5) is 13.4. The molecule has 0 spiro atoms. The quantitative estimate of drug-likeness (QED) is 0.607. The first-order valence-electron chi connectivity index (χ1n) is 6.28. The minimum atomic E-state index is 0.0891. The molecule has 0 aliphatic heterocycles. The molecule has 0 bridgehead atoms. The van der Waals surface area contributed by atoms with Crippen LogP contribution in [-0.4, -0.2) is 12.5 Å². The number of nitrogens with two attached hydrogens (primary N) is 1. The molecule has 0 fully saturated rings. The van der Waals surface area contributed by atoms with E-state index in [0.29, 0.717) is 0 Å². The number of carbonyl (C=O) groups is 1. The summed E-state index contributed by atoms with van der Waals surface area (Å²) >= 11 is 0. The Morgan fingerprint density at radius 2 is 1.82 bits per heavy atom. The highest BCUT2D eigenvalue weighted by atomic mass is 16.2. The van der Waals surface area contributed by atoms with Gasteiger partial charge in [-0.3, -0.25) is 4.79 Å². The summed E-state index contributed by atoms with van der Waals surface area (Å²) in [6, 6.07) is 7.46. The van der Waals surface area contributed by atoms with Gasteiger partial charge in [0.1, 0.15) is 0 Å². The van der Waals surface area contributed by atoms with Crippen molar-refractivity contribution in [3.05, 3.63) is 24.3 Å². The van der Waals surface area contributed by atoms with E-state index in [0.717, 1.165) is 24.3 Å². The summed E-state index contributed by atoms with van der Waals surface area (Å²) in [7, 11) is 0. The molecule has 1 rings (SSSR count). The molecule has 17 heavy (non-hydrogen) atoms. The van der Waals surface area contributed by atoms with Gasteiger partial charge in [0.25, 0.3) is 0 Å². The van der Waals surface area contributed by atoms with Gasteiger partial charge in [-0.1, -0.05) is 26.2 Å². The fourth-order valence-corrected chi connectivity index (χ4v) is 1.82. The Hall–Kier alpha value is -1.51. The third kappa shape index (κ3) is 4.47. The Kier molecular flexibility index (Phi) is 5.53. The minimum Gasteiger partial charge on any atom is -0.399 e. The van der Waals surface area contributed by atoms with Crippen LogP contribution in [0.3, 0.4) is 0 Å². The van der Waals surface area contributed by atoms with Crippen molar-refractivity contribution in [3.8, 4) is 0 Å². The van der Waals surface area contributed by atoms with Crippen LogP contribution in [-0.2, 0) is 4.79 Å². The molecule has 3 nitrogen and oxygen atoms in total. The third-order valence-corrected chi connectivity index (χ3v) is 2.82. The highest BCUT2D eigenvalue weighted by molar-refractivity contribution is 5.91. The van der Waals surface area contributed by atoms with E-state index < -0.39 is 0 Å². The van der Waals surface area contributed by atoms with Crippen molar-refractivity contribution in [2.45, 2.75) is 39.5 Å². The standard InChI is InChI=1S/C14H22N2O/c1-3-4-5-6-11-16(12(2)17)14-9-7-13(15)8-10-14/h7-10H,3-6,11,15H2,1-2H3. The number of nitrogens with zero attached hydrogens (tertiary/aromatic N) is 1. The number of nitrogen functional groups attached to an aromatic ring is 1. The molecule has 0 heterocycles. The van der Waals surface area contributed by atoms with E-state index in [2.05, 4.69) is 6.92 Å². The summed E-state index contributed by atoms with van der Waals surface area (Å²) in [6.07, 6.45) is 4.67. The first kappa shape index (κ1) is 13.6. The summed E-state index contributed by atoms with van der Waals surface area (Å²) in [6.45, 7) is 4.58. The molecule has 0 radical (unpaired) electrons. The number of benzene rings is 1. The second-order valence-electron chi connectivity index (χ2n) is 4.32. The van der Waals surface area contributed by atoms with Gasteiger partial charge in [-0.2, -0.15) is 0 Å². The van der Waals surface area contributed by atoms with Crippen LogP contribution in [0.4, 0.5) is 11.4 Å².